The molecule has 0 aliphatic rings. The Kier molecular flexibility index (Phi) is 22.0. The molecule has 33 nitrogen and oxygen atoms in total. The van der Waals surface area contributed by atoms with Gasteiger partial charge < -0.3 is 78.5 Å². The average molecular weight is 1460 g/mol. The number of ether oxygens (including phenoxy) is 5. The summed E-state index contributed by atoms with van der Waals surface area (Å²) in [7, 11) is 7.88. The van der Waals surface area contributed by atoms with Gasteiger partial charge in [0.05, 0.1) is 65.7 Å². The highest BCUT2D eigenvalue weighted by Crippen LogP contribution is 2.41. The van der Waals surface area contributed by atoms with Crippen molar-refractivity contribution in [1.29, 1.82) is 0 Å². The fourth-order valence-electron chi connectivity index (χ4n) is 9.73. The van der Waals surface area contributed by atoms with Crippen LogP contribution in [-0.4, -0.2) is 140 Å². The van der Waals surface area contributed by atoms with E-state index < -0.39 is 0 Å². The number of carbonyl (C=O) groups excluding carboxylic acids is 2. The van der Waals surface area contributed by atoms with Crippen LogP contribution in [0.4, 0.5) is 76.0 Å². The third-order valence-corrected chi connectivity index (χ3v) is 17.5. The molecule has 7 aromatic carbocycles. The summed E-state index contributed by atoms with van der Waals surface area (Å²) in [5, 5.41) is 37.3. The van der Waals surface area contributed by atoms with Gasteiger partial charge in [-0.3, -0.25) is 9.59 Å². The lowest BCUT2D eigenvalue weighted by Gasteiger charge is -2.14. The predicted octanol–water partition coefficient (Wildman–Crippen LogP) is 11.0. The number of para-hydroxylation sites is 3. The first-order valence-electron chi connectivity index (χ1n) is 31.3. The van der Waals surface area contributed by atoms with E-state index in [2.05, 4.69) is 92.2 Å². The molecule has 0 spiro atoms. The molecule has 0 saturated heterocycles. The number of nitrogens with zero attached hydrogens (tertiary/aromatic N) is 16. The first-order chi connectivity index (χ1) is 50.6. The zero-order valence-corrected chi connectivity index (χ0v) is 58.7. The highest BCUT2D eigenvalue weighted by Gasteiger charge is 2.20. The molecule has 8 aromatic heterocycles. The number of benzene rings is 7. The van der Waals surface area contributed by atoms with Crippen LogP contribution in [0.3, 0.4) is 0 Å². The Morgan fingerprint density at radius 3 is 1.30 bits per heavy atom. The number of pyridine rings is 1. The number of aromatic nitrogens is 16. The molecular weight excluding hydrogens is 1390 g/mol. The summed E-state index contributed by atoms with van der Waals surface area (Å²) in [5.74, 6) is 5.01. The van der Waals surface area contributed by atoms with E-state index in [1.807, 2.05) is 121 Å². The van der Waals surface area contributed by atoms with Crippen LogP contribution in [0.25, 0.3) is 51.9 Å². The normalized spacial score (nSPS) is 10.8. The van der Waals surface area contributed by atoms with Crippen LogP contribution in [-0.2, 0) is 9.53 Å². The number of fused-ring (bicyclic) bond motifs is 3. The smallest absolute Gasteiger partial charge is 0.251 e. The van der Waals surface area contributed by atoms with Gasteiger partial charge in [0.2, 0.25) is 74.6 Å². The van der Waals surface area contributed by atoms with Crippen LogP contribution >= 0.6 is 34.0 Å². The Morgan fingerprint density at radius 2 is 0.865 bits per heavy atom. The highest BCUT2D eigenvalue weighted by molar-refractivity contribution is 7.21. The molecule has 0 bridgehead atoms. The summed E-state index contributed by atoms with van der Waals surface area (Å²) in [4.78, 5) is 57.9. The largest absolute Gasteiger partial charge is 0.497 e. The van der Waals surface area contributed by atoms with Crippen molar-refractivity contribution < 1.29 is 33.3 Å². The summed E-state index contributed by atoms with van der Waals surface area (Å²) < 4.78 is 35.3. The molecule has 15 aromatic rings. The van der Waals surface area contributed by atoms with Crippen molar-refractivity contribution >= 4 is 152 Å². The Morgan fingerprint density at radius 1 is 0.433 bits per heavy atom. The third-order valence-electron chi connectivity index (χ3n) is 14.5. The van der Waals surface area contributed by atoms with Gasteiger partial charge in [0.15, 0.2) is 17.3 Å². The number of carbonyl (C=O) groups is 2. The Labute approximate surface area is 603 Å². The van der Waals surface area contributed by atoms with Crippen molar-refractivity contribution in [1.82, 2.24) is 84.3 Å². The summed E-state index contributed by atoms with van der Waals surface area (Å²) in [6.07, 6.45) is 1.65. The van der Waals surface area contributed by atoms with Crippen LogP contribution in [0.1, 0.15) is 17.3 Å². The number of nitrogens with one attached hydrogen (secondary N) is 6. The first-order valence-corrected chi connectivity index (χ1v) is 33.7. The van der Waals surface area contributed by atoms with E-state index in [1.54, 1.807) is 96.3 Å². The van der Waals surface area contributed by atoms with E-state index in [-0.39, 0.29) is 35.6 Å². The van der Waals surface area contributed by atoms with E-state index >= 15 is 0 Å². The fourth-order valence-corrected chi connectivity index (χ4v) is 12.5. The summed E-state index contributed by atoms with van der Waals surface area (Å²) >= 11 is 4.49. The molecule has 0 fully saturated rings. The molecule has 0 saturated carbocycles. The van der Waals surface area contributed by atoms with Crippen molar-refractivity contribution in [3.63, 3.8) is 0 Å². The van der Waals surface area contributed by atoms with Crippen LogP contribution in [0.2, 0.25) is 0 Å². The Hall–Kier alpha value is -13.6. The quantitative estimate of drug-likeness (QED) is 0.0299. The minimum Gasteiger partial charge on any atom is -0.497 e. The average Bonchev–Trinajstić information content (AvgIpc) is 1.66. The molecule has 36 heteroatoms. The molecule has 15 rings (SSSR count). The van der Waals surface area contributed by atoms with Crippen LogP contribution < -0.4 is 73.8 Å². The standard InChI is InChI=1S/C18H18N6O3S.C17H19N7O2.C17H15N7OS.C16H14N6OS/c1-25-12-8-10(9-13(26-2)15(12)27-3)20-17-22-16(19)24(23-17)18-21-11-6-4-5-7-14(11)28-18;1-26-11-10-20-15(25)12-5-7-13(8-6-12)21-17-22-16(18)24(23-17)14-4-2-3-9-19-14;1-10(25)19-11-5-4-6-12(9-11)20-16-22-15(18)24(23-16)17-21-13-7-2-3-8-14(13)26-17;1-23-11-8-6-10(7-9-11)18-15-20-14(17)22(21-15)16-19-12-4-2-3-5-13(12)24-16/h4-9H,1-3H3,(H3,19,20,22,23);2-9H,10-11H2,1H3,(H,20,25)(H3,18,21,22,23);2-9H,1H3,(H,19,25)(H3,18,20,22,23);2-9H,1H3,(H3,17,18,20,21). The second kappa shape index (κ2) is 32.6. The molecule has 0 radical (unpaired) electrons. The number of hydrogen-bond acceptors (Lipinski definition) is 30. The van der Waals surface area contributed by atoms with E-state index in [9.17, 15) is 9.59 Å². The fraction of sp³-hybridized carbons (Fsp3) is 0.118. The predicted molar refractivity (Wildman–Crippen MR) is 404 cm³/mol. The molecular formula is C68H66N26O7S3. The van der Waals surface area contributed by atoms with E-state index in [4.69, 9.17) is 46.6 Å². The number of amides is 2. The SMILES string of the molecule is CC(=O)Nc1cccc(Nc2nc(N)n(-c3nc4ccccc4s3)n2)c1.COCCNC(=O)c1ccc(Nc2nc(N)n(-c3ccccn3)n2)cc1.COc1cc(Nc2nc(N)n(-c3nc4ccccc4s3)n2)cc(OC)c1OC.COc1ccc(Nc2nc(N)n(-c3nc4ccccc4s3)n2)cc1. The minimum absolute atomic E-state index is 0.135. The molecule has 104 heavy (non-hydrogen) atoms. The third kappa shape index (κ3) is 17.2. The van der Waals surface area contributed by atoms with Gasteiger partial charge in [0.25, 0.3) is 5.91 Å². The highest BCUT2D eigenvalue weighted by atomic mass is 32.1. The summed E-state index contributed by atoms with van der Waals surface area (Å²) in [6, 6.07) is 54.2. The van der Waals surface area contributed by atoms with E-state index in [1.165, 1.54) is 59.7 Å². The zero-order chi connectivity index (χ0) is 72.6. The maximum Gasteiger partial charge on any atom is 0.251 e. The number of nitrogen functional groups attached to an aromatic ring is 4. The maximum atomic E-state index is 12.0. The van der Waals surface area contributed by atoms with Crippen molar-refractivity contribution in [2.75, 3.05) is 98.2 Å². The molecule has 2 amide bonds. The van der Waals surface area contributed by atoms with Gasteiger partial charge in [0, 0.05) is 72.9 Å². The van der Waals surface area contributed by atoms with E-state index in [0.29, 0.717) is 92.3 Å². The van der Waals surface area contributed by atoms with Gasteiger partial charge in [-0.2, -0.15) is 38.7 Å². The lowest BCUT2D eigenvalue weighted by molar-refractivity contribution is -0.114. The molecule has 0 atom stereocenters. The van der Waals surface area contributed by atoms with Gasteiger partial charge in [0.1, 0.15) is 5.75 Å². The minimum atomic E-state index is -0.157. The molecule has 0 aliphatic carbocycles. The van der Waals surface area contributed by atoms with Crippen molar-refractivity contribution in [2.24, 2.45) is 0 Å². The maximum absolute atomic E-state index is 12.0. The van der Waals surface area contributed by atoms with Crippen molar-refractivity contribution in [3.8, 4) is 44.2 Å². The number of rotatable bonds is 21. The van der Waals surface area contributed by atoms with Crippen LogP contribution in [0.5, 0.6) is 23.0 Å². The van der Waals surface area contributed by atoms with Gasteiger partial charge in [-0.1, -0.05) is 82.5 Å². The second-order valence-corrected chi connectivity index (χ2v) is 24.7. The van der Waals surface area contributed by atoms with Crippen LogP contribution in [0, 0.1) is 0 Å². The van der Waals surface area contributed by atoms with Gasteiger partial charge in [-0.05, 0) is 115 Å². The molecule has 0 aliphatic heterocycles. The number of methoxy groups -OCH3 is 5. The van der Waals surface area contributed by atoms with E-state index in [0.717, 1.165) is 53.5 Å². The number of hydrogen-bond donors (Lipinski definition) is 10. The first kappa shape index (κ1) is 70.3. The molecule has 528 valence electrons. The lowest BCUT2D eigenvalue weighted by atomic mass is 10.2. The van der Waals surface area contributed by atoms with Gasteiger partial charge in [-0.25, -0.2) is 19.9 Å². The number of nitrogens with two attached hydrogens (primary N) is 4. The topological polar surface area (TPSA) is 431 Å². The molecule has 0 unspecified atom stereocenters. The Balaban J connectivity index is 0.000000131. The van der Waals surface area contributed by atoms with Crippen molar-refractivity contribution in [3.05, 3.63) is 188 Å². The second-order valence-electron chi connectivity index (χ2n) is 21.6. The lowest BCUT2D eigenvalue weighted by Crippen LogP contribution is -2.26. The monoisotopic (exact) mass is 1450 g/mol. The number of thiazole rings is 3. The zero-order valence-electron chi connectivity index (χ0n) is 56.3. The summed E-state index contributed by atoms with van der Waals surface area (Å²) in [5.41, 5.74) is 30.8. The molecule has 8 heterocycles. The van der Waals surface area contributed by atoms with Crippen LogP contribution in [0.15, 0.2) is 182 Å². The van der Waals surface area contributed by atoms with Gasteiger partial charge >= 0.3 is 0 Å². The number of anilines is 13. The molecule has 14 N–H and O–H groups in total. The Bertz CT molecular complexity index is 5300. The summed E-state index contributed by atoms with van der Waals surface area (Å²) in [6.45, 7) is 2.39. The van der Waals surface area contributed by atoms with Gasteiger partial charge in [-0.15, -0.1) is 20.4 Å². The van der Waals surface area contributed by atoms with Crippen molar-refractivity contribution in [2.45, 2.75) is 6.92 Å².